The molecule has 1 aliphatic rings. The largest absolute Gasteiger partial charge is 0.368 e. The SMILES string of the molecule is CC(C)CN(c1ccncc1CCl)C1CC1. The fourth-order valence-corrected chi connectivity index (χ4v) is 2.23. The minimum Gasteiger partial charge on any atom is -0.368 e. The summed E-state index contributed by atoms with van der Waals surface area (Å²) in [5.41, 5.74) is 2.43. The van der Waals surface area contributed by atoms with Gasteiger partial charge in [-0.3, -0.25) is 4.98 Å². The first kappa shape index (κ1) is 11.7. The number of anilines is 1. The van der Waals surface area contributed by atoms with Crippen molar-refractivity contribution in [3.05, 3.63) is 24.0 Å². The van der Waals surface area contributed by atoms with Crippen molar-refractivity contribution in [1.82, 2.24) is 4.98 Å². The van der Waals surface area contributed by atoms with Crippen LogP contribution in [0.3, 0.4) is 0 Å². The normalized spacial score (nSPS) is 15.5. The first-order valence-corrected chi connectivity index (χ1v) is 6.51. The van der Waals surface area contributed by atoms with Crippen LogP contribution in [0.5, 0.6) is 0 Å². The number of nitrogens with zero attached hydrogens (tertiary/aromatic N) is 2. The van der Waals surface area contributed by atoms with E-state index in [1.54, 1.807) is 0 Å². The Morgan fingerprint density at radius 2 is 2.25 bits per heavy atom. The predicted octanol–water partition coefficient (Wildman–Crippen LogP) is 3.45. The summed E-state index contributed by atoms with van der Waals surface area (Å²) in [6.45, 7) is 5.63. The number of hydrogen-bond acceptors (Lipinski definition) is 2. The van der Waals surface area contributed by atoms with E-state index in [1.165, 1.54) is 18.5 Å². The molecule has 0 spiro atoms. The molecule has 0 bridgehead atoms. The number of hydrogen-bond donors (Lipinski definition) is 0. The molecule has 1 aromatic rings. The van der Waals surface area contributed by atoms with Gasteiger partial charge in [0.1, 0.15) is 0 Å². The van der Waals surface area contributed by atoms with Gasteiger partial charge in [-0.25, -0.2) is 0 Å². The van der Waals surface area contributed by atoms with Gasteiger partial charge < -0.3 is 4.90 Å². The van der Waals surface area contributed by atoms with Crippen LogP contribution in [0.15, 0.2) is 18.5 Å². The third-order valence-electron chi connectivity index (χ3n) is 2.88. The quantitative estimate of drug-likeness (QED) is 0.731. The smallest absolute Gasteiger partial charge is 0.0509 e. The van der Waals surface area contributed by atoms with Gasteiger partial charge >= 0.3 is 0 Å². The average molecular weight is 239 g/mol. The molecule has 3 heteroatoms. The van der Waals surface area contributed by atoms with E-state index in [2.05, 4.69) is 29.8 Å². The van der Waals surface area contributed by atoms with Crippen LogP contribution in [-0.4, -0.2) is 17.6 Å². The maximum absolute atomic E-state index is 5.97. The zero-order valence-electron chi connectivity index (χ0n) is 9.99. The lowest BCUT2D eigenvalue weighted by molar-refractivity contribution is 0.606. The molecule has 0 aliphatic heterocycles. The van der Waals surface area contributed by atoms with Crippen molar-refractivity contribution in [2.45, 2.75) is 38.6 Å². The van der Waals surface area contributed by atoms with E-state index in [1.807, 2.05) is 12.4 Å². The zero-order chi connectivity index (χ0) is 11.5. The highest BCUT2D eigenvalue weighted by atomic mass is 35.5. The molecule has 0 unspecified atom stereocenters. The first-order chi connectivity index (χ1) is 7.72. The lowest BCUT2D eigenvalue weighted by Gasteiger charge is -2.28. The van der Waals surface area contributed by atoms with E-state index >= 15 is 0 Å². The van der Waals surface area contributed by atoms with Gasteiger partial charge in [-0.1, -0.05) is 13.8 Å². The third-order valence-corrected chi connectivity index (χ3v) is 3.17. The zero-order valence-corrected chi connectivity index (χ0v) is 10.7. The monoisotopic (exact) mass is 238 g/mol. The Morgan fingerprint density at radius 3 is 2.81 bits per heavy atom. The third kappa shape index (κ3) is 2.67. The van der Waals surface area contributed by atoms with E-state index in [-0.39, 0.29) is 0 Å². The van der Waals surface area contributed by atoms with E-state index in [9.17, 15) is 0 Å². The van der Waals surface area contributed by atoms with Crippen molar-refractivity contribution in [3.8, 4) is 0 Å². The van der Waals surface area contributed by atoms with Crippen LogP contribution in [0.4, 0.5) is 5.69 Å². The highest BCUT2D eigenvalue weighted by Crippen LogP contribution is 2.34. The Hall–Kier alpha value is -0.760. The Morgan fingerprint density at radius 1 is 1.50 bits per heavy atom. The van der Waals surface area contributed by atoms with Crippen molar-refractivity contribution < 1.29 is 0 Å². The molecule has 1 fully saturated rings. The Kier molecular flexibility index (Phi) is 3.70. The Balaban J connectivity index is 2.23. The van der Waals surface area contributed by atoms with Gasteiger partial charge in [-0.15, -0.1) is 11.6 Å². The molecule has 0 aromatic carbocycles. The molecule has 1 aromatic heterocycles. The van der Waals surface area contributed by atoms with Crippen LogP contribution in [0.1, 0.15) is 32.3 Å². The molecule has 1 aliphatic carbocycles. The lowest BCUT2D eigenvalue weighted by atomic mass is 10.1. The summed E-state index contributed by atoms with van der Waals surface area (Å²) < 4.78 is 0. The maximum Gasteiger partial charge on any atom is 0.0509 e. The summed E-state index contributed by atoms with van der Waals surface area (Å²) in [4.78, 5) is 6.65. The minimum absolute atomic E-state index is 0.546. The lowest BCUT2D eigenvalue weighted by Crippen LogP contribution is -2.30. The van der Waals surface area contributed by atoms with E-state index < -0.39 is 0 Å². The van der Waals surface area contributed by atoms with Crippen molar-refractivity contribution in [2.24, 2.45) is 5.92 Å². The molecule has 88 valence electrons. The molecule has 0 saturated heterocycles. The molecule has 2 rings (SSSR count). The Bertz CT molecular complexity index is 348. The van der Waals surface area contributed by atoms with Gasteiger partial charge in [-0.05, 0) is 24.8 Å². The van der Waals surface area contributed by atoms with Gasteiger partial charge in [0.05, 0.1) is 5.88 Å². The number of aromatic nitrogens is 1. The van der Waals surface area contributed by atoms with Crippen molar-refractivity contribution in [3.63, 3.8) is 0 Å². The molecular formula is C13H19ClN2. The average Bonchev–Trinajstić information content (AvgIpc) is 3.09. The number of alkyl halides is 1. The Labute approximate surface area is 103 Å². The van der Waals surface area contributed by atoms with E-state index in [0.29, 0.717) is 11.8 Å². The fraction of sp³-hybridized carbons (Fsp3) is 0.615. The van der Waals surface area contributed by atoms with Crippen LogP contribution >= 0.6 is 11.6 Å². The van der Waals surface area contributed by atoms with E-state index in [0.717, 1.165) is 18.2 Å². The molecule has 1 heterocycles. The standard InChI is InChI=1S/C13H19ClN2/c1-10(2)9-16(12-3-4-12)13-5-6-15-8-11(13)7-14/h5-6,8,10,12H,3-4,7,9H2,1-2H3. The molecule has 0 atom stereocenters. The fourth-order valence-electron chi connectivity index (χ4n) is 2.03. The topological polar surface area (TPSA) is 16.1 Å². The molecule has 2 nitrogen and oxygen atoms in total. The van der Waals surface area contributed by atoms with Gasteiger partial charge in [-0.2, -0.15) is 0 Å². The van der Waals surface area contributed by atoms with E-state index in [4.69, 9.17) is 11.6 Å². The summed E-state index contributed by atoms with van der Waals surface area (Å²) in [5.74, 6) is 1.22. The van der Waals surface area contributed by atoms with Crippen LogP contribution in [0.2, 0.25) is 0 Å². The second-order valence-electron chi connectivity index (χ2n) is 4.92. The van der Waals surface area contributed by atoms with Crippen LogP contribution < -0.4 is 4.90 Å². The van der Waals surface area contributed by atoms with Crippen LogP contribution in [0, 0.1) is 5.92 Å². The second-order valence-corrected chi connectivity index (χ2v) is 5.18. The molecule has 16 heavy (non-hydrogen) atoms. The van der Waals surface area contributed by atoms with Gasteiger partial charge in [0, 0.05) is 36.2 Å². The summed E-state index contributed by atoms with van der Waals surface area (Å²) in [5, 5.41) is 0. The number of halogens is 1. The van der Waals surface area contributed by atoms with Crippen LogP contribution in [-0.2, 0) is 5.88 Å². The molecule has 0 amide bonds. The van der Waals surface area contributed by atoms with Crippen molar-refractivity contribution >= 4 is 17.3 Å². The molecule has 1 saturated carbocycles. The van der Waals surface area contributed by atoms with Crippen molar-refractivity contribution in [1.29, 1.82) is 0 Å². The van der Waals surface area contributed by atoms with Gasteiger partial charge in [0.15, 0.2) is 0 Å². The first-order valence-electron chi connectivity index (χ1n) is 5.98. The summed E-state index contributed by atoms with van der Waals surface area (Å²) in [6.07, 6.45) is 6.38. The number of rotatable bonds is 5. The number of pyridine rings is 1. The van der Waals surface area contributed by atoms with Gasteiger partial charge in [0.2, 0.25) is 0 Å². The minimum atomic E-state index is 0.546. The summed E-state index contributed by atoms with van der Waals surface area (Å²) >= 11 is 5.97. The highest BCUT2D eigenvalue weighted by molar-refractivity contribution is 6.17. The second kappa shape index (κ2) is 5.05. The predicted molar refractivity (Wildman–Crippen MR) is 69.0 cm³/mol. The molecular weight excluding hydrogens is 220 g/mol. The molecule has 0 N–H and O–H groups in total. The highest BCUT2D eigenvalue weighted by Gasteiger charge is 2.30. The summed E-state index contributed by atoms with van der Waals surface area (Å²) in [7, 11) is 0. The van der Waals surface area contributed by atoms with Crippen molar-refractivity contribution in [2.75, 3.05) is 11.4 Å². The maximum atomic E-state index is 5.97. The summed E-state index contributed by atoms with van der Waals surface area (Å²) in [6, 6.07) is 2.82. The van der Waals surface area contributed by atoms with Crippen LogP contribution in [0.25, 0.3) is 0 Å². The van der Waals surface area contributed by atoms with Gasteiger partial charge in [0.25, 0.3) is 0 Å². The molecule has 0 radical (unpaired) electrons.